The molecular weight excluding hydrogens is 224 g/mol. The summed E-state index contributed by atoms with van der Waals surface area (Å²) >= 11 is 4.10. The summed E-state index contributed by atoms with van der Waals surface area (Å²) in [6, 6.07) is -0.129. The van der Waals surface area contributed by atoms with E-state index in [0.717, 1.165) is 32.1 Å². The molecule has 0 spiro atoms. The van der Waals surface area contributed by atoms with Gasteiger partial charge in [0, 0.05) is 12.6 Å². The molecule has 4 nitrogen and oxygen atoms in total. The first-order chi connectivity index (χ1) is 7.74. The number of fused-ring (bicyclic) bond motifs is 1. The maximum atomic E-state index is 12.1. The minimum atomic E-state index is -0.213. The standard InChI is InChI=1S/C11H18N2O2S/c14-10-8-4-1-2-5-9(8)12-11(15)13(10)6-3-7-16/h8-9,16H,1-7H2,(H,12,15). The van der Waals surface area contributed by atoms with E-state index in [1.807, 2.05) is 0 Å². The predicted octanol–water partition coefficient (Wildman–Crippen LogP) is 1.42. The Bertz CT molecular complexity index is 296. The van der Waals surface area contributed by atoms with E-state index < -0.39 is 0 Å². The van der Waals surface area contributed by atoms with E-state index in [0.29, 0.717) is 12.3 Å². The minimum Gasteiger partial charge on any atom is -0.334 e. The average molecular weight is 242 g/mol. The van der Waals surface area contributed by atoms with Crippen LogP contribution in [0, 0.1) is 5.92 Å². The summed E-state index contributed by atoms with van der Waals surface area (Å²) in [7, 11) is 0. The van der Waals surface area contributed by atoms with Crippen LogP contribution in [0.3, 0.4) is 0 Å². The van der Waals surface area contributed by atoms with Crippen LogP contribution in [0.5, 0.6) is 0 Å². The van der Waals surface area contributed by atoms with Crippen molar-refractivity contribution >= 4 is 24.6 Å². The van der Waals surface area contributed by atoms with Gasteiger partial charge in [-0.05, 0) is 25.0 Å². The van der Waals surface area contributed by atoms with Crippen LogP contribution >= 0.6 is 12.6 Å². The lowest BCUT2D eigenvalue weighted by Gasteiger charge is -2.39. The fourth-order valence-electron chi connectivity index (χ4n) is 2.58. The van der Waals surface area contributed by atoms with Gasteiger partial charge in [-0.25, -0.2) is 4.79 Å². The molecule has 0 aromatic carbocycles. The quantitative estimate of drug-likeness (QED) is 0.735. The van der Waals surface area contributed by atoms with Gasteiger partial charge in [0.2, 0.25) is 5.91 Å². The molecule has 0 bridgehead atoms. The van der Waals surface area contributed by atoms with E-state index in [4.69, 9.17) is 0 Å². The first kappa shape index (κ1) is 11.8. The van der Waals surface area contributed by atoms with E-state index in [-0.39, 0.29) is 23.9 Å². The van der Waals surface area contributed by atoms with E-state index in [2.05, 4.69) is 17.9 Å². The van der Waals surface area contributed by atoms with Crippen molar-refractivity contribution in [3.05, 3.63) is 0 Å². The molecule has 5 heteroatoms. The third-order valence-corrected chi connectivity index (χ3v) is 3.76. The van der Waals surface area contributed by atoms with Crippen molar-refractivity contribution in [2.24, 2.45) is 5.92 Å². The highest BCUT2D eigenvalue weighted by Gasteiger charge is 2.41. The Kier molecular flexibility index (Phi) is 3.74. The number of nitrogens with one attached hydrogen (secondary N) is 1. The number of hydrogen-bond donors (Lipinski definition) is 2. The second-order valence-corrected chi connectivity index (χ2v) is 4.96. The molecule has 1 saturated carbocycles. The lowest BCUT2D eigenvalue weighted by molar-refractivity contribution is -0.136. The molecule has 0 aromatic rings. The Morgan fingerprint density at radius 2 is 2.06 bits per heavy atom. The van der Waals surface area contributed by atoms with Crippen molar-refractivity contribution in [3.8, 4) is 0 Å². The molecule has 2 aliphatic rings. The molecule has 1 aliphatic carbocycles. The van der Waals surface area contributed by atoms with E-state index >= 15 is 0 Å². The van der Waals surface area contributed by atoms with Crippen LogP contribution in [0.4, 0.5) is 4.79 Å². The zero-order valence-electron chi connectivity index (χ0n) is 9.32. The molecule has 0 aromatic heterocycles. The molecule has 2 unspecified atom stereocenters. The number of thiol groups is 1. The molecule has 16 heavy (non-hydrogen) atoms. The SMILES string of the molecule is O=C1NC2CCCCC2C(=O)N1CCCS. The lowest BCUT2D eigenvalue weighted by Crippen LogP contribution is -2.60. The molecule has 3 amide bonds. The number of nitrogens with zero attached hydrogens (tertiary/aromatic N) is 1. The zero-order chi connectivity index (χ0) is 11.5. The van der Waals surface area contributed by atoms with Gasteiger partial charge in [0.05, 0.1) is 5.92 Å². The van der Waals surface area contributed by atoms with Gasteiger partial charge in [0.25, 0.3) is 0 Å². The summed E-state index contributed by atoms with van der Waals surface area (Å²) in [5, 5.41) is 2.95. The molecule has 1 heterocycles. The number of carbonyl (C=O) groups excluding carboxylic acids is 2. The van der Waals surface area contributed by atoms with Crippen LogP contribution < -0.4 is 5.32 Å². The first-order valence-electron chi connectivity index (χ1n) is 5.97. The Labute approximate surface area is 101 Å². The van der Waals surface area contributed by atoms with Gasteiger partial charge in [-0.15, -0.1) is 0 Å². The van der Waals surface area contributed by atoms with Crippen molar-refractivity contribution in [2.45, 2.75) is 38.1 Å². The van der Waals surface area contributed by atoms with Crippen molar-refractivity contribution in [3.63, 3.8) is 0 Å². The summed E-state index contributed by atoms with van der Waals surface area (Å²) in [6.45, 7) is 0.497. The van der Waals surface area contributed by atoms with Gasteiger partial charge in [-0.1, -0.05) is 12.8 Å². The largest absolute Gasteiger partial charge is 0.334 e. The lowest BCUT2D eigenvalue weighted by atomic mass is 9.82. The zero-order valence-corrected chi connectivity index (χ0v) is 10.2. The van der Waals surface area contributed by atoms with Crippen LogP contribution in [0.2, 0.25) is 0 Å². The van der Waals surface area contributed by atoms with Gasteiger partial charge < -0.3 is 5.32 Å². The summed E-state index contributed by atoms with van der Waals surface area (Å²) in [5.74, 6) is 0.743. The van der Waals surface area contributed by atoms with Crippen molar-refractivity contribution in [1.29, 1.82) is 0 Å². The van der Waals surface area contributed by atoms with Crippen molar-refractivity contribution in [1.82, 2.24) is 10.2 Å². The summed E-state index contributed by atoms with van der Waals surface area (Å²) in [5.41, 5.74) is 0. The molecule has 1 N–H and O–H groups in total. The summed E-state index contributed by atoms with van der Waals surface area (Å²) in [4.78, 5) is 25.2. The normalized spacial score (nSPS) is 29.9. The second kappa shape index (κ2) is 5.08. The van der Waals surface area contributed by atoms with Gasteiger partial charge in [0.15, 0.2) is 0 Å². The monoisotopic (exact) mass is 242 g/mol. The number of carbonyl (C=O) groups is 2. The Morgan fingerprint density at radius 1 is 1.31 bits per heavy atom. The van der Waals surface area contributed by atoms with Gasteiger partial charge in [0.1, 0.15) is 0 Å². The topological polar surface area (TPSA) is 49.4 Å². The van der Waals surface area contributed by atoms with Crippen LogP contribution in [0.1, 0.15) is 32.1 Å². The van der Waals surface area contributed by atoms with E-state index in [1.165, 1.54) is 4.90 Å². The molecule has 90 valence electrons. The predicted molar refractivity (Wildman–Crippen MR) is 64.5 cm³/mol. The maximum Gasteiger partial charge on any atom is 0.324 e. The third kappa shape index (κ3) is 2.19. The number of amides is 3. The van der Waals surface area contributed by atoms with Gasteiger partial charge in [-0.3, -0.25) is 9.69 Å². The van der Waals surface area contributed by atoms with Crippen LogP contribution in [-0.4, -0.2) is 35.2 Å². The highest BCUT2D eigenvalue weighted by molar-refractivity contribution is 7.80. The number of rotatable bonds is 3. The van der Waals surface area contributed by atoms with Crippen LogP contribution in [0.15, 0.2) is 0 Å². The maximum absolute atomic E-state index is 12.1. The molecule has 2 fully saturated rings. The second-order valence-electron chi connectivity index (χ2n) is 4.51. The molecule has 1 saturated heterocycles. The summed E-state index contributed by atoms with van der Waals surface area (Å²) < 4.78 is 0. The number of imide groups is 1. The minimum absolute atomic E-state index is 0.0198. The fraction of sp³-hybridized carbons (Fsp3) is 0.818. The summed E-state index contributed by atoms with van der Waals surface area (Å²) in [6.07, 6.45) is 4.85. The molecule has 2 rings (SSSR count). The van der Waals surface area contributed by atoms with Gasteiger partial charge in [-0.2, -0.15) is 12.6 Å². The molecule has 0 radical (unpaired) electrons. The van der Waals surface area contributed by atoms with Crippen molar-refractivity contribution in [2.75, 3.05) is 12.3 Å². The highest BCUT2D eigenvalue weighted by atomic mass is 32.1. The number of urea groups is 1. The molecular formula is C11H18N2O2S. The Hall–Kier alpha value is -0.710. The smallest absolute Gasteiger partial charge is 0.324 e. The average Bonchev–Trinajstić information content (AvgIpc) is 2.29. The molecule has 2 atom stereocenters. The van der Waals surface area contributed by atoms with Crippen LogP contribution in [0.25, 0.3) is 0 Å². The fourth-order valence-corrected chi connectivity index (χ4v) is 2.72. The van der Waals surface area contributed by atoms with Crippen LogP contribution in [-0.2, 0) is 4.79 Å². The first-order valence-corrected chi connectivity index (χ1v) is 6.60. The Balaban J connectivity index is 2.04. The third-order valence-electron chi connectivity index (χ3n) is 3.44. The molecule has 1 aliphatic heterocycles. The van der Waals surface area contributed by atoms with E-state index in [1.54, 1.807) is 0 Å². The Morgan fingerprint density at radius 3 is 2.81 bits per heavy atom. The number of hydrogen-bond acceptors (Lipinski definition) is 3. The highest BCUT2D eigenvalue weighted by Crippen LogP contribution is 2.29. The van der Waals surface area contributed by atoms with E-state index in [9.17, 15) is 9.59 Å². The van der Waals surface area contributed by atoms with Gasteiger partial charge >= 0.3 is 6.03 Å². The van der Waals surface area contributed by atoms with Crippen molar-refractivity contribution < 1.29 is 9.59 Å².